The fourth-order valence-corrected chi connectivity index (χ4v) is 10.8. The van der Waals surface area contributed by atoms with E-state index >= 15 is 4.79 Å². The quantitative estimate of drug-likeness (QED) is 0.0344. The summed E-state index contributed by atoms with van der Waals surface area (Å²) in [6.45, 7) is 3.33. The number of nitrogens with one attached hydrogen (secondary N) is 10. The van der Waals surface area contributed by atoms with E-state index in [9.17, 15) is 43.2 Å². The van der Waals surface area contributed by atoms with Crippen LogP contribution in [0.15, 0.2) is 96.2 Å². The highest BCUT2D eigenvalue weighted by atomic mass is 16.2. The van der Waals surface area contributed by atoms with Crippen LogP contribution in [-0.2, 0) is 67.2 Å². The highest BCUT2D eigenvalue weighted by Crippen LogP contribution is 2.25. The number of para-hydroxylation sites is 2. The molecule has 5 aromatic rings. The molecule has 85 heavy (non-hydrogen) atoms. The number of carbonyl (C=O) groups excluding carboxylic acids is 10. The van der Waals surface area contributed by atoms with Gasteiger partial charge in [-0.05, 0) is 80.2 Å². The van der Waals surface area contributed by atoms with Crippen LogP contribution in [0, 0.1) is 0 Å². The van der Waals surface area contributed by atoms with Crippen molar-refractivity contribution in [3.63, 3.8) is 0 Å². The number of carbonyl (C=O) groups is 10. The number of primary amides is 1. The summed E-state index contributed by atoms with van der Waals surface area (Å²) in [6, 6.07) is 13.0. The summed E-state index contributed by atoms with van der Waals surface area (Å²) in [6.07, 6.45) is 5.17. The monoisotopic (exact) mass is 1170 g/mol. The molecule has 0 unspecified atom stereocenters. The minimum atomic E-state index is -1.58. The van der Waals surface area contributed by atoms with Gasteiger partial charge in [0.05, 0.1) is 6.42 Å². The second-order valence-electron chi connectivity index (χ2n) is 21.7. The number of amides is 10. The van der Waals surface area contributed by atoms with Gasteiger partial charge in [-0.25, -0.2) is 0 Å². The van der Waals surface area contributed by atoms with Crippen molar-refractivity contribution in [1.29, 1.82) is 0 Å². The van der Waals surface area contributed by atoms with E-state index in [1.165, 1.54) is 11.8 Å². The number of nitrogens with two attached hydrogens (primary N) is 3. The Morgan fingerprint density at radius 1 is 0.659 bits per heavy atom. The molecular weight excluding hydrogens is 1090 g/mol. The third-order valence-corrected chi connectivity index (χ3v) is 15.2. The molecule has 16 N–H and O–H groups in total. The van der Waals surface area contributed by atoms with Gasteiger partial charge in [0.2, 0.25) is 59.1 Å². The minimum Gasteiger partial charge on any atom is -0.370 e. The molecule has 454 valence electrons. The lowest BCUT2D eigenvalue weighted by molar-refractivity contribution is -0.142. The molecule has 3 aromatic carbocycles. The third kappa shape index (κ3) is 18.1. The largest absolute Gasteiger partial charge is 0.370 e. The number of aromatic nitrogens is 2. The zero-order chi connectivity index (χ0) is 61.0. The molecule has 25 heteroatoms. The number of hydrogen-bond acceptors (Lipinski definition) is 11. The molecular formula is C60H79N15O10. The summed E-state index contributed by atoms with van der Waals surface area (Å²) in [5.74, 6) is -7.55. The maximum atomic E-state index is 15.2. The van der Waals surface area contributed by atoms with Crippen LogP contribution in [0.3, 0.4) is 0 Å². The molecule has 2 aliphatic heterocycles. The SMILES string of the molecule is CCCC[C@@H](NC(C)=O)C(=O)N[C@H]1CC(=O)NCCCC[C@@H](C(N)=O)NC(=O)[C@@H](Cc2c[nH]c3ccccc23)NC(=O)[C@@H](CCCN=C(N)N)NC(=O)[C@@H](Cc2ccccc2)NC(=O)[C@@H]2CCCN2C(=O)[C@H](Cc2c[nH]c3ccccc23)NC1=O. The number of hydrogen-bond donors (Lipinski definition) is 13. The number of rotatable bonds is 17. The van der Waals surface area contributed by atoms with Gasteiger partial charge in [0.15, 0.2) is 5.96 Å². The average molecular weight is 1170 g/mol. The Labute approximate surface area is 492 Å². The zero-order valence-corrected chi connectivity index (χ0v) is 48.0. The second-order valence-corrected chi connectivity index (χ2v) is 21.7. The molecule has 0 bridgehead atoms. The number of benzene rings is 3. The molecule has 0 spiro atoms. The van der Waals surface area contributed by atoms with Crippen LogP contribution in [0.25, 0.3) is 21.8 Å². The maximum Gasteiger partial charge on any atom is 0.246 e. The molecule has 0 saturated carbocycles. The van der Waals surface area contributed by atoms with Crippen molar-refractivity contribution in [3.8, 4) is 0 Å². The lowest BCUT2D eigenvalue weighted by Gasteiger charge is -2.31. The number of aromatic amines is 2. The molecule has 25 nitrogen and oxygen atoms in total. The first kappa shape index (κ1) is 63.3. The number of guanidine groups is 1. The highest BCUT2D eigenvalue weighted by molar-refractivity contribution is 6.00. The van der Waals surface area contributed by atoms with E-state index in [0.29, 0.717) is 36.0 Å². The van der Waals surface area contributed by atoms with Gasteiger partial charge in [-0.15, -0.1) is 0 Å². The molecule has 0 aliphatic carbocycles. The number of H-pyrrole nitrogens is 2. The molecule has 7 rings (SSSR count). The van der Waals surface area contributed by atoms with E-state index in [1.54, 1.807) is 42.7 Å². The summed E-state index contributed by atoms with van der Waals surface area (Å²) in [7, 11) is 0. The fourth-order valence-electron chi connectivity index (χ4n) is 10.8. The summed E-state index contributed by atoms with van der Waals surface area (Å²) in [5.41, 5.74) is 20.6. The topological polar surface area (TPSA) is 392 Å². The zero-order valence-electron chi connectivity index (χ0n) is 48.0. The standard InChI is InChI=1S/C60H79N15O10/c1-3-4-20-44(68-35(2)76)53(79)72-48-32-51(77)64-26-13-12-23-43(52(61)78)69-56(82)47(30-37-33-66-41-21-10-8-18-39(37)41)71-54(80)45(24-14-27-65-60(62)63)70-55(81)46(29-36-16-6-5-7-17-36)73-58(84)50-25-15-28-75(50)59(85)49(74-57(48)83)31-38-34-67-42-22-11-9-19-40(38)42/h5-11,16-19,21-22,33-34,43-50,66-67H,3-4,12-15,20,23-32H2,1-2H3,(H2,61,78)(H,64,77)(H,68,76)(H,69,82)(H,70,81)(H,71,80)(H,72,79)(H,73,84)(H,74,83)(H4,62,63,65)/t43-,44+,45+,46+,47+,48-,49-,50-/m0/s1. The predicted molar refractivity (Wildman–Crippen MR) is 318 cm³/mol. The third-order valence-electron chi connectivity index (χ3n) is 15.2. The Morgan fingerprint density at radius 2 is 1.25 bits per heavy atom. The summed E-state index contributed by atoms with van der Waals surface area (Å²) in [5, 5.41) is 23.6. The first-order valence-electron chi connectivity index (χ1n) is 29.0. The maximum absolute atomic E-state index is 15.2. The van der Waals surface area contributed by atoms with Gasteiger partial charge in [-0.1, -0.05) is 86.5 Å². The first-order chi connectivity index (χ1) is 40.9. The second kappa shape index (κ2) is 30.8. The van der Waals surface area contributed by atoms with Crippen molar-refractivity contribution in [2.45, 2.75) is 152 Å². The number of aliphatic imine (C=N–C) groups is 1. The Bertz CT molecular complexity index is 3210. The van der Waals surface area contributed by atoms with Crippen molar-refractivity contribution in [1.82, 2.24) is 57.4 Å². The van der Waals surface area contributed by atoms with Gasteiger partial charge < -0.3 is 74.6 Å². The van der Waals surface area contributed by atoms with E-state index in [-0.39, 0.29) is 89.8 Å². The van der Waals surface area contributed by atoms with Gasteiger partial charge in [-0.2, -0.15) is 0 Å². The molecule has 8 atom stereocenters. The molecule has 4 heterocycles. The van der Waals surface area contributed by atoms with Crippen molar-refractivity contribution >= 4 is 86.8 Å². The van der Waals surface area contributed by atoms with Crippen LogP contribution in [0.1, 0.15) is 101 Å². The van der Waals surface area contributed by atoms with Crippen molar-refractivity contribution in [2.24, 2.45) is 22.2 Å². The smallest absolute Gasteiger partial charge is 0.246 e. The Kier molecular flexibility index (Phi) is 23.0. The van der Waals surface area contributed by atoms with Crippen LogP contribution in [0.2, 0.25) is 0 Å². The molecule has 2 saturated heterocycles. The Hall–Kier alpha value is -9.29. The van der Waals surface area contributed by atoms with E-state index in [1.807, 2.05) is 55.5 Å². The lowest BCUT2D eigenvalue weighted by atomic mass is 10.0. The van der Waals surface area contributed by atoms with E-state index in [2.05, 4.69) is 57.5 Å². The van der Waals surface area contributed by atoms with E-state index < -0.39 is 114 Å². The molecule has 10 amide bonds. The molecule has 2 aromatic heterocycles. The Morgan fingerprint density at radius 3 is 1.89 bits per heavy atom. The van der Waals surface area contributed by atoms with Crippen LogP contribution in [-0.4, -0.2) is 148 Å². The summed E-state index contributed by atoms with van der Waals surface area (Å²) >= 11 is 0. The summed E-state index contributed by atoms with van der Waals surface area (Å²) in [4.78, 5) is 154. The fraction of sp³-hybridized carbons (Fsp3) is 0.450. The highest BCUT2D eigenvalue weighted by Gasteiger charge is 2.41. The van der Waals surface area contributed by atoms with Crippen LogP contribution >= 0.6 is 0 Å². The van der Waals surface area contributed by atoms with E-state index in [4.69, 9.17) is 17.2 Å². The van der Waals surface area contributed by atoms with Crippen LogP contribution in [0.5, 0.6) is 0 Å². The van der Waals surface area contributed by atoms with E-state index in [0.717, 1.165) is 21.8 Å². The first-order valence-corrected chi connectivity index (χ1v) is 29.0. The number of nitrogens with zero attached hydrogens (tertiary/aromatic N) is 2. The van der Waals surface area contributed by atoms with Crippen molar-refractivity contribution in [3.05, 3.63) is 108 Å². The normalized spacial score (nSPS) is 22.2. The lowest BCUT2D eigenvalue weighted by Crippen LogP contribution is -2.61. The van der Waals surface area contributed by atoms with Crippen molar-refractivity contribution in [2.75, 3.05) is 19.6 Å². The van der Waals surface area contributed by atoms with Crippen LogP contribution in [0.4, 0.5) is 0 Å². The minimum absolute atomic E-state index is 0.00972. The number of unbranched alkanes of at least 4 members (excludes halogenated alkanes) is 1. The number of fused-ring (bicyclic) bond motifs is 3. The molecule has 2 aliphatic rings. The Balaban J connectivity index is 1.26. The summed E-state index contributed by atoms with van der Waals surface area (Å²) < 4.78 is 0. The molecule has 2 fully saturated rings. The molecule has 0 radical (unpaired) electrons. The van der Waals surface area contributed by atoms with Gasteiger partial charge in [0, 0.05) is 80.0 Å². The van der Waals surface area contributed by atoms with Gasteiger partial charge in [0.25, 0.3) is 0 Å². The predicted octanol–water partition coefficient (Wildman–Crippen LogP) is 0.501. The van der Waals surface area contributed by atoms with Gasteiger partial charge in [-0.3, -0.25) is 52.9 Å². The van der Waals surface area contributed by atoms with Gasteiger partial charge >= 0.3 is 0 Å². The van der Waals surface area contributed by atoms with Gasteiger partial charge in [0.1, 0.15) is 48.3 Å². The van der Waals surface area contributed by atoms with Crippen molar-refractivity contribution < 1.29 is 47.9 Å². The van der Waals surface area contributed by atoms with Crippen LogP contribution < -0.4 is 59.7 Å². The average Bonchev–Trinajstić information content (AvgIpc) is 3.53.